The van der Waals surface area contributed by atoms with Gasteiger partial charge in [0, 0.05) is 24.2 Å². The molecule has 1 aliphatic heterocycles. The molecule has 2 amide bonds. The van der Waals surface area contributed by atoms with Crippen molar-refractivity contribution in [2.45, 2.75) is 19.3 Å². The summed E-state index contributed by atoms with van der Waals surface area (Å²) in [5, 5.41) is 2.79. The first kappa shape index (κ1) is 17.0. The quantitative estimate of drug-likeness (QED) is 0.897. The lowest BCUT2D eigenvalue weighted by atomic mass is 10.1. The maximum absolute atomic E-state index is 13.4. The molecule has 2 aromatic rings. The normalized spacial score (nSPS) is 14.2. The van der Waals surface area contributed by atoms with Crippen molar-refractivity contribution >= 4 is 23.2 Å². The molecular weight excluding hydrogens is 321 g/mol. The van der Waals surface area contributed by atoms with Crippen molar-refractivity contribution in [1.82, 2.24) is 0 Å². The highest BCUT2D eigenvalue weighted by Gasteiger charge is 2.18. The smallest absolute Gasteiger partial charge is 0.255 e. The monoisotopic (exact) mass is 341 g/mol. The third-order valence-electron chi connectivity index (χ3n) is 4.31. The first-order chi connectivity index (χ1) is 12.0. The van der Waals surface area contributed by atoms with E-state index in [1.54, 1.807) is 18.2 Å². The van der Waals surface area contributed by atoms with Gasteiger partial charge in [-0.1, -0.05) is 6.07 Å². The van der Waals surface area contributed by atoms with Crippen LogP contribution in [0.15, 0.2) is 42.5 Å². The van der Waals surface area contributed by atoms with Crippen molar-refractivity contribution in [3.05, 3.63) is 59.4 Å². The van der Waals surface area contributed by atoms with E-state index in [1.165, 1.54) is 30.7 Å². The van der Waals surface area contributed by atoms with E-state index < -0.39 is 17.6 Å². The number of nitrogens with zero attached hydrogens (tertiary/aromatic N) is 1. The van der Waals surface area contributed by atoms with Gasteiger partial charge in [0.25, 0.3) is 5.91 Å². The van der Waals surface area contributed by atoms with Crippen molar-refractivity contribution in [3.8, 4) is 0 Å². The maximum atomic E-state index is 13.4. The van der Waals surface area contributed by atoms with Crippen molar-refractivity contribution < 1.29 is 14.0 Å². The van der Waals surface area contributed by atoms with E-state index >= 15 is 0 Å². The van der Waals surface area contributed by atoms with Gasteiger partial charge in [0.2, 0.25) is 5.91 Å². The van der Waals surface area contributed by atoms with Gasteiger partial charge >= 0.3 is 0 Å². The van der Waals surface area contributed by atoms with Crippen LogP contribution in [-0.4, -0.2) is 24.9 Å². The Labute approximate surface area is 145 Å². The third kappa shape index (κ3) is 3.96. The molecule has 5 nitrogen and oxygen atoms in total. The van der Waals surface area contributed by atoms with Gasteiger partial charge in [-0.05, 0) is 55.7 Å². The van der Waals surface area contributed by atoms with Crippen molar-refractivity contribution in [1.29, 1.82) is 0 Å². The molecule has 0 saturated carbocycles. The number of nitrogens with one attached hydrogen (secondary N) is 1. The topological polar surface area (TPSA) is 75.4 Å². The van der Waals surface area contributed by atoms with Crippen LogP contribution in [0.25, 0.3) is 0 Å². The van der Waals surface area contributed by atoms with Gasteiger partial charge in [-0.25, -0.2) is 4.39 Å². The Morgan fingerprint density at radius 3 is 2.44 bits per heavy atom. The summed E-state index contributed by atoms with van der Waals surface area (Å²) < 4.78 is 13.4. The number of halogens is 1. The lowest BCUT2D eigenvalue weighted by Crippen LogP contribution is -2.30. The molecule has 1 saturated heterocycles. The lowest BCUT2D eigenvalue weighted by Gasteiger charge is -2.30. The van der Waals surface area contributed by atoms with E-state index in [4.69, 9.17) is 5.73 Å². The van der Waals surface area contributed by atoms with Gasteiger partial charge in [0.15, 0.2) is 0 Å². The van der Waals surface area contributed by atoms with Gasteiger partial charge in [-0.2, -0.15) is 0 Å². The molecule has 130 valence electrons. The van der Waals surface area contributed by atoms with Crippen LogP contribution in [0.2, 0.25) is 0 Å². The van der Waals surface area contributed by atoms with Gasteiger partial charge in [0.05, 0.1) is 11.4 Å². The minimum Gasteiger partial charge on any atom is -0.370 e. The van der Waals surface area contributed by atoms with E-state index in [2.05, 4.69) is 10.2 Å². The second-order valence-electron chi connectivity index (χ2n) is 6.11. The Balaban J connectivity index is 1.92. The van der Waals surface area contributed by atoms with E-state index in [9.17, 15) is 14.0 Å². The summed E-state index contributed by atoms with van der Waals surface area (Å²) in [6, 6.07) is 10.5. The molecule has 0 bridgehead atoms. The zero-order valence-electron chi connectivity index (χ0n) is 13.8. The molecule has 2 aromatic carbocycles. The maximum Gasteiger partial charge on any atom is 0.255 e. The highest BCUT2D eigenvalue weighted by molar-refractivity contribution is 6.07. The molecule has 0 radical (unpaired) electrons. The number of nitrogens with two attached hydrogens (primary N) is 1. The van der Waals surface area contributed by atoms with Crippen LogP contribution in [-0.2, 0) is 0 Å². The predicted molar refractivity (Wildman–Crippen MR) is 95.4 cm³/mol. The summed E-state index contributed by atoms with van der Waals surface area (Å²) in [5.41, 5.74) is 7.24. The second kappa shape index (κ2) is 7.34. The van der Waals surface area contributed by atoms with Crippen LogP contribution in [0.4, 0.5) is 15.8 Å². The molecule has 3 rings (SSSR count). The fraction of sp³-hybridized carbons (Fsp3) is 0.263. The average Bonchev–Trinajstić information content (AvgIpc) is 2.62. The van der Waals surface area contributed by atoms with Crippen LogP contribution in [0.5, 0.6) is 0 Å². The zero-order valence-corrected chi connectivity index (χ0v) is 13.8. The summed E-state index contributed by atoms with van der Waals surface area (Å²) in [7, 11) is 0. The molecule has 25 heavy (non-hydrogen) atoms. The lowest BCUT2D eigenvalue weighted by molar-refractivity contribution is 0.0996. The van der Waals surface area contributed by atoms with Crippen LogP contribution in [0, 0.1) is 5.82 Å². The van der Waals surface area contributed by atoms with Crippen molar-refractivity contribution in [2.24, 2.45) is 5.73 Å². The average molecular weight is 341 g/mol. The second-order valence-corrected chi connectivity index (χ2v) is 6.11. The fourth-order valence-corrected chi connectivity index (χ4v) is 3.02. The van der Waals surface area contributed by atoms with Crippen LogP contribution < -0.4 is 16.0 Å². The number of amides is 2. The molecule has 0 aliphatic carbocycles. The number of primary amides is 1. The Bertz CT molecular complexity index is 801. The molecule has 6 heteroatoms. The minimum atomic E-state index is -0.563. The van der Waals surface area contributed by atoms with Crippen LogP contribution >= 0.6 is 0 Å². The standard InChI is InChI=1S/C19H20FN3O2/c20-15-6-4-5-14(11-15)19(25)22-16-12-13(18(21)24)7-8-17(16)23-9-2-1-3-10-23/h4-8,11-12H,1-3,9-10H2,(H2,21,24)(H,22,25). The van der Waals surface area contributed by atoms with Gasteiger partial charge < -0.3 is 16.0 Å². The molecule has 0 atom stereocenters. The Morgan fingerprint density at radius 1 is 1.00 bits per heavy atom. The van der Waals surface area contributed by atoms with Gasteiger partial charge in [-0.3, -0.25) is 9.59 Å². The number of hydrogen-bond acceptors (Lipinski definition) is 3. The van der Waals surface area contributed by atoms with E-state index in [0.717, 1.165) is 31.6 Å². The summed E-state index contributed by atoms with van der Waals surface area (Å²) in [5.74, 6) is -1.47. The summed E-state index contributed by atoms with van der Waals surface area (Å²) >= 11 is 0. The Morgan fingerprint density at radius 2 is 1.76 bits per heavy atom. The SMILES string of the molecule is NC(=O)c1ccc(N2CCCCC2)c(NC(=O)c2cccc(F)c2)c1. The molecule has 1 aliphatic rings. The fourth-order valence-electron chi connectivity index (χ4n) is 3.02. The summed E-state index contributed by atoms with van der Waals surface area (Å²) in [6.07, 6.45) is 3.34. The largest absolute Gasteiger partial charge is 0.370 e. The van der Waals surface area contributed by atoms with Crippen LogP contribution in [0.1, 0.15) is 40.0 Å². The molecule has 0 spiro atoms. The van der Waals surface area contributed by atoms with E-state index in [0.29, 0.717) is 11.3 Å². The van der Waals surface area contributed by atoms with Gasteiger partial charge in [-0.15, -0.1) is 0 Å². The minimum absolute atomic E-state index is 0.217. The van der Waals surface area contributed by atoms with E-state index in [-0.39, 0.29) is 5.56 Å². The van der Waals surface area contributed by atoms with Crippen molar-refractivity contribution in [2.75, 3.05) is 23.3 Å². The number of anilines is 2. The highest BCUT2D eigenvalue weighted by atomic mass is 19.1. The van der Waals surface area contributed by atoms with Crippen molar-refractivity contribution in [3.63, 3.8) is 0 Å². The number of benzene rings is 2. The first-order valence-electron chi connectivity index (χ1n) is 8.30. The highest BCUT2D eigenvalue weighted by Crippen LogP contribution is 2.30. The summed E-state index contributed by atoms with van der Waals surface area (Å²) in [6.45, 7) is 1.78. The zero-order chi connectivity index (χ0) is 17.8. The molecular formula is C19H20FN3O2. The number of hydrogen-bond donors (Lipinski definition) is 2. The number of rotatable bonds is 4. The molecule has 1 heterocycles. The number of carbonyl (C=O) groups excluding carboxylic acids is 2. The third-order valence-corrected chi connectivity index (χ3v) is 4.31. The van der Waals surface area contributed by atoms with Gasteiger partial charge in [0.1, 0.15) is 5.82 Å². The van der Waals surface area contributed by atoms with E-state index in [1.807, 2.05) is 0 Å². The number of piperidine rings is 1. The molecule has 0 aromatic heterocycles. The molecule has 0 unspecified atom stereocenters. The Hall–Kier alpha value is -2.89. The number of carbonyl (C=O) groups is 2. The molecule has 3 N–H and O–H groups in total. The molecule has 1 fully saturated rings. The summed E-state index contributed by atoms with van der Waals surface area (Å²) in [4.78, 5) is 26.1. The van der Waals surface area contributed by atoms with Crippen LogP contribution in [0.3, 0.4) is 0 Å². The first-order valence-corrected chi connectivity index (χ1v) is 8.30. The Kier molecular flexibility index (Phi) is 4.97. The predicted octanol–water partition coefficient (Wildman–Crippen LogP) is 3.17.